The van der Waals surface area contributed by atoms with Crippen molar-refractivity contribution in [3.05, 3.63) is 29.6 Å². The molecule has 4 nitrogen and oxygen atoms in total. The third-order valence-corrected chi connectivity index (χ3v) is 4.00. The number of rotatable bonds is 2. The van der Waals surface area contributed by atoms with Crippen molar-refractivity contribution in [2.24, 2.45) is 0 Å². The highest BCUT2D eigenvalue weighted by Gasteiger charge is 2.26. The van der Waals surface area contributed by atoms with Crippen LogP contribution in [-0.4, -0.2) is 17.8 Å². The molecule has 0 bridgehead atoms. The van der Waals surface area contributed by atoms with E-state index in [9.17, 15) is 12.3 Å². The molecule has 1 aliphatic carbocycles. The molecule has 1 saturated carbocycles. The second kappa shape index (κ2) is 3.29. The van der Waals surface area contributed by atoms with Crippen molar-refractivity contribution in [1.82, 2.24) is 9.38 Å². The topological polar surface area (TPSA) is 51.4 Å². The summed E-state index contributed by atoms with van der Waals surface area (Å²) in [6.07, 6.45) is 3.89. The summed E-state index contributed by atoms with van der Waals surface area (Å²) in [7, 11) is -4.73. The SMILES string of the molecule is Cc1nc2cc(C3CC3)ccn2c1S(=O)(=O)F. The minimum absolute atomic E-state index is 0.195. The lowest BCUT2D eigenvalue weighted by atomic mass is 10.2. The molecule has 17 heavy (non-hydrogen) atoms. The first-order valence-corrected chi connectivity index (χ1v) is 6.78. The third kappa shape index (κ3) is 1.72. The first kappa shape index (κ1) is 10.7. The molecule has 1 aliphatic rings. The van der Waals surface area contributed by atoms with Gasteiger partial charge in [0.15, 0.2) is 5.03 Å². The van der Waals surface area contributed by atoms with Crippen LogP contribution >= 0.6 is 0 Å². The minimum atomic E-state index is -4.73. The number of aryl methyl sites for hydroxylation is 1. The molecule has 0 aliphatic heterocycles. The van der Waals surface area contributed by atoms with Crippen LogP contribution in [0.15, 0.2) is 23.4 Å². The number of aromatic nitrogens is 2. The molecule has 2 heterocycles. The van der Waals surface area contributed by atoms with Crippen LogP contribution < -0.4 is 0 Å². The van der Waals surface area contributed by atoms with Gasteiger partial charge in [0, 0.05) is 6.20 Å². The minimum Gasteiger partial charge on any atom is -0.288 e. The summed E-state index contributed by atoms with van der Waals surface area (Å²) in [4.78, 5) is 4.09. The van der Waals surface area contributed by atoms with Gasteiger partial charge in [0.25, 0.3) is 0 Å². The highest BCUT2D eigenvalue weighted by molar-refractivity contribution is 7.86. The monoisotopic (exact) mass is 254 g/mol. The van der Waals surface area contributed by atoms with Gasteiger partial charge in [-0.3, -0.25) is 4.40 Å². The zero-order valence-electron chi connectivity index (χ0n) is 9.22. The van der Waals surface area contributed by atoms with Gasteiger partial charge in [-0.15, -0.1) is 0 Å². The first-order chi connectivity index (χ1) is 7.97. The van der Waals surface area contributed by atoms with Crippen LogP contribution in [0.4, 0.5) is 3.89 Å². The summed E-state index contributed by atoms with van der Waals surface area (Å²) in [5.74, 6) is 0.558. The van der Waals surface area contributed by atoms with Gasteiger partial charge in [-0.2, -0.15) is 8.42 Å². The van der Waals surface area contributed by atoms with E-state index in [1.54, 1.807) is 6.20 Å². The van der Waals surface area contributed by atoms with E-state index in [2.05, 4.69) is 4.98 Å². The standard InChI is InChI=1S/C11H11FN2O2S/c1-7-11(17(12,15)16)14-5-4-9(8-2-3-8)6-10(14)13-7/h4-6,8H,2-3H2,1H3. The summed E-state index contributed by atoms with van der Waals surface area (Å²) in [5, 5.41) is -0.366. The lowest BCUT2D eigenvalue weighted by Crippen LogP contribution is -2.00. The fourth-order valence-electron chi connectivity index (χ4n) is 2.12. The zero-order valence-corrected chi connectivity index (χ0v) is 10.0. The van der Waals surface area contributed by atoms with Crippen LogP contribution in [0.2, 0.25) is 0 Å². The molecular formula is C11H11FN2O2S. The molecule has 2 aromatic rings. The average Bonchev–Trinajstić information content (AvgIpc) is 2.98. The van der Waals surface area contributed by atoms with Gasteiger partial charge in [-0.05, 0) is 43.4 Å². The van der Waals surface area contributed by atoms with Gasteiger partial charge in [0.05, 0.1) is 5.69 Å². The summed E-state index contributed by atoms with van der Waals surface area (Å²) in [5.41, 5.74) is 1.83. The van der Waals surface area contributed by atoms with E-state index in [0.717, 1.165) is 18.4 Å². The Morgan fingerprint density at radius 3 is 2.76 bits per heavy atom. The Bertz CT molecular complexity index is 702. The molecule has 0 saturated heterocycles. The molecular weight excluding hydrogens is 243 g/mol. The first-order valence-electron chi connectivity index (χ1n) is 5.40. The second-order valence-corrected chi connectivity index (χ2v) is 5.67. The van der Waals surface area contributed by atoms with Crippen molar-refractivity contribution in [1.29, 1.82) is 0 Å². The van der Waals surface area contributed by atoms with Gasteiger partial charge < -0.3 is 0 Å². The predicted octanol–water partition coefficient (Wildman–Crippen LogP) is 2.18. The van der Waals surface area contributed by atoms with Gasteiger partial charge in [0.1, 0.15) is 5.65 Å². The highest BCUT2D eigenvalue weighted by atomic mass is 32.3. The molecule has 2 aromatic heterocycles. The van der Waals surface area contributed by atoms with E-state index < -0.39 is 10.2 Å². The quantitative estimate of drug-likeness (QED) is 0.772. The lowest BCUT2D eigenvalue weighted by Gasteiger charge is -2.00. The average molecular weight is 254 g/mol. The largest absolute Gasteiger partial charge is 0.350 e. The summed E-state index contributed by atoms with van der Waals surface area (Å²) < 4.78 is 36.5. The maximum Gasteiger partial charge on any atom is 0.350 e. The summed E-state index contributed by atoms with van der Waals surface area (Å²) in [6, 6.07) is 3.67. The lowest BCUT2D eigenvalue weighted by molar-refractivity contribution is 0.545. The fourth-order valence-corrected chi connectivity index (χ4v) is 2.91. The maximum atomic E-state index is 13.1. The van der Waals surface area contributed by atoms with E-state index in [-0.39, 0.29) is 10.7 Å². The molecule has 6 heteroatoms. The van der Waals surface area contributed by atoms with E-state index in [1.807, 2.05) is 12.1 Å². The van der Waals surface area contributed by atoms with Crippen molar-refractivity contribution in [2.75, 3.05) is 0 Å². The predicted molar refractivity (Wildman–Crippen MR) is 60.2 cm³/mol. The number of nitrogens with zero attached hydrogens (tertiary/aromatic N) is 2. The van der Waals surface area contributed by atoms with Crippen molar-refractivity contribution < 1.29 is 12.3 Å². The van der Waals surface area contributed by atoms with Crippen LogP contribution in [0.1, 0.15) is 30.0 Å². The molecule has 0 unspecified atom stereocenters. The van der Waals surface area contributed by atoms with Gasteiger partial charge in [0.2, 0.25) is 0 Å². The molecule has 3 rings (SSSR count). The molecule has 0 amide bonds. The second-order valence-electron chi connectivity index (χ2n) is 4.40. The van der Waals surface area contributed by atoms with E-state index in [4.69, 9.17) is 0 Å². The Morgan fingerprint density at radius 1 is 1.47 bits per heavy atom. The van der Waals surface area contributed by atoms with Gasteiger partial charge in [-0.25, -0.2) is 4.98 Å². The van der Waals surface area contributed by atoms with Crippen LogP contribution in [0.5, 0.6) is 0 Å². The summed E-state index contributed by atoms with van der Waals surface area (Å²) in [6.45, 7) is 1.50. The third-order valence-electron chi connectivity index (χ3n) is 3.05. The fraction of sp³-hybridized carbons (Fsp3) is 0.364. The number of halogens is 1. The number of fused-ring (bicyclic) bond motifs is 1. The number of pyridine rings is 1. The Morgan fingerprint density at radius 2 is 2.18 bits per heavy atom. The highest BCUT2D eigenvalue weighted by Crippen LogP contribution is 2.40. The van der Waals surface area contributed by atoms with Gasteiger partial charge >= 0.3 is 10.2 Å². The Labute approximate surface area is 98.3 Å². The molecule has 0 N–H and O–H groups in total. The van der Waals surface area contributed by atoms with Crippen LogP contribution in [0.25, 0.3) is 5.65 Å². The molecule has 90 valence electrons. The Hall–Kier alpha value is -1.43. The van der Waals surface area contributed by atoms with Crippen molar-refractivity contribution in [2.45, 2.75) is 30.7 Å². The number of hydrogen-bond acceptors (Lipinski definition) is 3. The summed E-state index contributed by atoms with van der Waals surface area (Å²) >= 11 is 0. The van der Waals surface area contributed by atoms with Crippen LogP contribution in [0, 0.1) is 6.92 Å². The maximum absolute atomic E-state index is 13.1. The van der Waals surface area contributed by atoms with Crippen molar-refractivity contribution in [3.8, 4) is 0 Å². The Balaban J connectivity index is 2.28. The molecule has 0 spiro atoms. The number of hydrogen-bond donors (Lipinski definition) is 0. The number of imidazole rings is 1. The normalized spacial score (nSPS) is 16.6. The van der Waals surface area contributed by atoms with Gasteiger partial charge in [-0.1, -0.05) is 3.89 Å². The molecule has 0 aromatic carbocycles. The van der Waals surface area contributed by atoms with E-state index >= 15 is 0 Å². The van der Waals surface area contributed by atoms with E-state index in [0.29, 0.717) is 11.6 Å². The van der Waals surface area contributed by atoms with Crippen molar-refractivity contribution >= 4 is 15.9 Å². The van der Waals surface area contributed by atoms with Crippen LogP contribution in [0.3, 0.4) is 0 Å². The Kier molecular flexibility index (Phi) is 2.07. The smallest absolute Gasteiger partial charge is 0.288 e. The molecule has 1 fully saturated rings. The molecule has 0 atom stereocenters. The van der Waals surface area contributed by atoms with Crippen LogP contribution in [-0.2, 0) is 10.2 Å². The van der Waals surface area contributed by atoms with E-state index in [1.165, 1.54) is 11.3 Å². The zero-order chi connectivity index (χ0) is 12.2. The molecule has 0 radical (unpaired) electrons. The van der Waals surface area contributed by atoms with Crippen molar-refractivity contribution in [3.63, 3.8) is 0 Å².